The molecule has 0 aromatic heterocycles. The molecule has 0 unspecified atom stereocenters. The number of guanidine groups is 1. The number of hydrogen-bond donors (Lipinski definition) is 3. The molecule has 2 aromatic carbocycles. The van der Waals surface area contributed by atoms with Crippen LogP contribution in [0.5, 0.6) is 5.75 Å². The molecule has 0 spiro atoms. The van der Waals surface area contributed by atoms with Crippen LogP contribution in [0, 0.1) is 5.41 Å². The summed E-state index contributed by atoms with van der Waals surface area (Å²) in [5.41, 5.74) is 2.08. The highest BCUT2D eigenvalue weighted by Gasteiger charge is 2.31. The van der Waals surface area contributed by atoms with E-state index in [1.807, 2.05) is 25.1 Å². The standard InChI is InChI=1S/C16H15BrF3N3O/c1-2-10-6-7-13(17)14(8-10)23-15(21)22-11-4-3-5-12(9-11)24-16(18,19)20/h3-9H,2H2,1H3,(H3,21,22,23). The van der Waals surface area contributed by atoms with Crippen molar-refractivity contribution in [3.8, 4) is 5.75 Å². The van der Waals surface area contributed by atoms with Gasteiger partial charge in [0.05, 0.1) is 5.69 Å². The van der Waals surface area contributed by atoms with Crippen molar-refractivity contribution >= 4 is 33.3 Å². The zero-order valence-electron chi connectivity index (χ0n) is 12.7. The Bertz CT molecular complexity index is 735. The van der Waals surface area contributed by atoms with E-state index in [1.54, 1.807) is 0 Å². The third-order valence-corrected chi connectivity index (χ3v) is 3.73. The first-order valence-corrected chi connectivity index (χ1v) is 7.83. The number of benzene rings is 2. The summed E-state index contributed by atoms with van der Waals surface area (Å²) in [7, 11) is 0. The lowest BCUT2D eigenvalue weighted by molar-refractivity contribution is -0.274. The van der Waals surface area contributed by atoms with Crippen molar-refractivity contribution in [3.63, 3.8) is 0 Å². The van der Waals surface area contributed by atoms with Gasteiger partial charge < -0.3 is 15.4 Å². The normalized spacial score (nSPS) is 11.0. The molecule has 0 amide bonds. The van der Waals surface area contributed by atoms with Crippen LogP contribution in [0.1, 0.15) is 12.5 Å². The van der Waals surface area contributed by atoms with Crippen LogP contribution in [-0.4, -0.2) is 12.3 Å². The third kappa shape index (κ3) is 5.45. The Hall–Kier alpha value is -2.22. The van der Waals surface area contributed by atoms with Gasteiger partial charge in [0.25, 0.3) is 0 Å². The molecule has 24 heavy (non-hydrogen) atoms. The van der Waals surface area contributed by atoms with Gasteiger partial charge in [0.1, 0.15) is 5.75 Å². The lowest BCUT2D eigenvalue weighted by Gasteiger charge is -2.14. The minimum Gasteiger partial charge on any atom is -0.406 e. The quantitative estimate of drug-likeness (QED) is 0.476. The smallest absolute Gasteiger partial charge is 0.406 e. The zero-order valence-corrected chi connectivity index (χ0v) is 14.3. The molecule has 0 atom stereocenters. The molecule has 128 valence electrons. The maximum atomic E-state index is 12.2. The summed E-state index contributed by atoms with van der Waals surface area (Å²) in [6, 6.07) is 11.0. The second-order valence-corrected chi connectivity index (χ2v) is 5.72. The molecule has 0 fully saturated rings. The number of halogens is 4. The Labute approximate surface area is 145 Å². The fourth-order valence-corrected chi connectivity index (χ4v) is 2.32. The van der Waals surface area contributed by atoms with Crippen LogP contribution >= 0.6 is 15.9 Å². The highest BCUT2D eigenvalue weighted by molar-refractivity contribution is 9.10. The van der Waals surface area contributed by atoms with Gasteiger partial charge >= 0.3 is 6.36 Å². The third-order valence-electron chi connectivity index (χ3n) is 3.04. The Morgan fingerprint density at radius 2 is 1.92 bits per heavy atom. The number of ether oxygens (including phenoxy) is 1. The van der Waals surface area contributed by atoms with Gasteiger partial charge in [-0.1, -0.05) is 19.1 Å². The van der Waals surface area contributed by atoms with E-state index in [4.69, 9.17) is 5.41 Å². The molecule has 0 heterocycles. The first-order chi connectivity index (χ1) is 11.3. The molecule has 0 aliphatic heterocycles. The van der Waals surface area contributed by atoms with Crippen molar-refractivity contribution in [2.24, 2.45) is 0 Å². The van der Waals surface area contributed by atoms with Gasteiger partial charge in [0.15, 0.2) is 5.96 Å². The molecular formula is C16H15BrF3N3O. The first kappa shape index (κ1) is 18.1. The number of hydrogen-bond acceptors (Lipinski definition) is 2. The SMILES string of the molecule is CCc1ccc(Br)c(NC(=N)Nc2cccc(OC(F)(F)F)c2)c1. The van der Waals surface area contributed by atoms with Crippen molar-refractivity contribution in [2.75, 3.05) is 10.6 Å². The second-order valence-electron chi connectivity index (χ2n) is 4.87. The average Bonchev–Trinajstić information content (AvgIpc) is 2.48. The predicted octanol–water partition coefficient (Wildman–Crippen LogP) is 5.37. The monoisotopic (exact) mass is 401 g/mol. The van der Waals surface area contributed by atoms with Crippen molar-refractivity contribution in [2.45, 2.75) is 19.7 Å². The molecular weight excluding hydrogens is 387 g/mol. The fraction of sp³-hybridized carbons (Fsp3) is 0.188. The van der Waals surface area contributed by atoms with Crippen molar-refractivity contribution in [1.29, 1.82) is 5.41 Å². The van der Waals surface area contributed by atoms with Crippen molar-refractivity contribution < 1.29 is 17.9 Å². The topological polar surface area (TPSA) is 57.1 Å². The fourth-order valence-electron chi connectivity index (χ4n) is 1.97. The van der Waals surface area contributed by atoms with Crippen LogP contribution < -0.4 is 15.4 Å². The Kier molecular flexibility index (Phi) is 5.71. The van der Waals surface area contributed by atoms with Crippen molar-refractivity contribution in [1.82, 2.24) is 0 Å². The van der Waals surface area contributed by atoms with Gasteiger partial charge in [-0.05, 0) is 52.2 Å². The highest BCUT2D eigenvalue weighted by Crippen LogP contribution is 2.26. The van der Waals surface area contributed by atoms with Gasteiger partial charge in [-0.25, -0.2) is 0 Å². The number of alkyl halides is 3. The summed E-state index contributed by atoms with van der Waals surface area (Å²) in [5.74, 6) is -0.428. The molecule has 0 aliphatic rings. The van der Waals surface area contributed by atoms with Crippen LogP contribution in [-0.2, 0) is 6.42 Å². The van der Waals surface area contributed by atoms with E-state index >= 15 is 0 Å². The van der Waals surface area contributed by atoms with Gasteiger partial charge in [-0.2, -0.15) is 0 Å². The maximum absolute atomic E-state index is 12.2. The highest BCUT2D eigenvalue weighted by atomic mass is 79.9. The van der Waals surface area contributed by atoms with E-state index in [1.165, 1.54) is 24.3 Å². The molecule has 0 saturated carbocycles. The summed E-state index contributed by atoms with van der Waals surface area (Å²) in [6.07, 6.45) is -3.91. The molecule has 0 saturated heterocycles. The molecule has 2 aromatic rings. The van der Waals surface area contributed by atoms with E-state index < -0.39 is 6.36 Å². The largest absolute Gasteiger partial charge is 0.573 e. The molecule has 3 N–H and O–H groups in total. The Balaban J connectivity index is 2.06. The Morgan fingerprint density at radius 1 is 1.17 bits per heavy atom. The van der Waals surface area contributed by atoms with E-state index in [0.717, 1.165) is 16.5 Å². The van der Waals surface area contributed by atoms with Gasteiger partial charge in [0.2, 0.25) is 0 Å². The zero-order chi connectivity index (χ0) is 17.7. The maximum Gasteiger partial charge on any atom is 0.573 e. The summed E-state index contributed by atoms with van der Waals surface area (Å²) in [4.78, 5) is 0. The molecule has 4 nitrogen and oxygen atoms in total. The van der Waals surface area contributed by atoms with Crippen molar-refractivity contribution in [3.05, 3.63) is 52.5 Å². The van der Waals surface area contributed by atoms with Crippen LogP contribution in [0.15, 0.2) is 46.9 Å². The molecule has 2 rings (SSSR count). The van der Waals surface area contributed by atoms with Crippen LogP contribution in [0.2, 0.25) is 0 Å². The van der Waals surface area contributed by atoms with E-state index in [2.05, 4.69) is 31.3 Å². The van der Waals surface area contributed by atoms with Crippen LogP contribution in [0.4, 0.5) is 24.5 Å². The van der Waals surface area contributed by atoms with E-state index in [-0.39, 0.29) is 11.7 Å². The number of nitrogens with one attached hydrogen (secondary N) is 3. The summed E-state index contributed by atoms with van der Waals surface area (Å²) in [5, 5.41) is 13.5. The van der Waals surface area contributed by atoms with E-state index in [9.17, 15) is 13.2 Å². The molecule has 0 aliphatic carbocycles. The number of anilines is 2. The van der Waals surface area contributed by atoms with Gasteiger partial charge in [-0.15, -0.1) is 13.2 Å². The van der Waals surface area contributed by atoms with Crippen LogP contribution in [0.25, 0.3) is 0 Å². The summed E-state index contributed by atoms with van der Waals surface area (Å²) >= 11 is 3.39. The minimum absolute atomic E-state index is 0.0758. The Morgan fingerprint density at radius 3 is 2.58 bits per heavy atom. The van der Waals surface area contributed by atoms with Gasteiger partial charge in [0, 0.05) is 16.2 Å². The molecule has 0 bridgehead atoms. The summed E-state index contributed by atoms with van der Waals surface area (Å²) < 4.78 is 41.3. The molecule has 8 heteroatoms. The minimum atomic E-state index is -4.75. The lowest BCUT2D eigenvalue weighted by Crippen LogP contribution is -2.21. The lowest BCUT2D eigenvalue weighted by atomic mass is 10.1. The first-order valence-electron chi connectivity index (χ1n) is 7.03. The van der Waals surface area contributed by atoms with Crippen LogP contribution in [0.3, 0.4) is 0 Å². The predicted molar refractivity (Wildman–Crippen MR) is 91.6 cm³/mol. The average molecular weight is 402 g/mol. The van der Waals surface area contributed by atoms with Gasteiger partial charge in [-0.3, -0.25) is 5.41 Å². The second kappa shape index (κ2) is 7.57. The number of aryl methyl sites for hydroxylation is 1. The number of rotatable bonds is 4. The summed E-state index contributed by atoms with van der Waals surface area (Å²) in [6.45, 7) is 2.02. The molecule has 0 radical (unpaired) electrons. The van der Waals surface area contributed by atoms with E-state index in [0.29, 0.717) is 11.4 Å².